The Labute approximate surface area is 97.4 Å². The van der Waals surface area contributed by atoms with E-state index in [-0.39, 0.29) is 23.9 Å². The lowest BCUT2D eigenvalue weighted by atomic mass is 10.1. The van der Waals surface area contributed by atoms with Crippen molar-refractivity contribution in [3.05, 3.63) is 29.3 Å². The van der Waals surface area contributed by atoms with Crippen LogP contribution >= 0.6 is 0 Å². The Balaban J connectivity index is 2.86. The van der Waals surface area contributed by atoms with Crippen LogP contribution in [0.3, 0.4) is 0 Å². The van der Waals surface area contributed by atoms with Crippen LogP contribution in [0.5, 0.6) is 0 Å². The van der Waals surface area contributed by atoms with Gasteiger partial charge >= 0.3 is 0 Å². The summed E-state index contributed by atoms with van der Waals surface area (Å²) in [4.78, 5) is 11.7. The summed E-state index contributed by atoms with van der Waals surface area (Å²) in [5.74, 6) is -2.82. The number of hydrogen-bond donors (Lipinski definition) is 3. The van der Waals surface area contributed by atoms with Gasteiger partial charge in [0.15, 0.2) is 11.6 Å². The lowest BCUT2D eigenvalue weighted by Gasteiger charge is -2.13. The smallest absolute Gasteiger partial charge is 0.253 e. The number of benzene rings is 1. The molecule has 94 valence electrons. The van der Waals surface area contributed by atoms with Gasteiger partial charge in [-0.15, -0.1) is 0 Å². The van der Waals surface area contributed by atoms with E-state index < -0.39 is 17.5 Å². The number of aliphatic hydroxyl groups excluding tert-OH is 1. The molecule has 4 nitrogen and oxygen atoms in total. The van der Waals surface area contributed by atoms with Crippen LogP contribution in [0, 0.1) is 11.6 Å². The van der Waals surface area contributed by atoms with Gasteiger partial charge in [-0.1, -0.05) is 0 Å². The number of nitrogen functional groups attached to an aromatic ring is 1. The van der Waals surface area contributed by atoms with Crippen LogP contribution in [0.25, 0.3) is 0 Å². The van der Waals surface area contributed by atoms with Crippen LogP contribution in [0.2, 0.25) is 0 Å². The van der Waals surface area contributed by atoms with Gasteiger partial charge in [0, 0.05) is 24.4 Å². The lowest BCUT2D eigenvalue weighted by Crippen LogP contribution is -2.33. The zero-order valence-corrected chi connectivity index (χ0v) is 9.34. The molecule has 0 aliphatic heterocycles. The normalized spacial score (nSPS) is 12.2. The molecule has 0 fully saturated rings. The minimum Gasteiger partial charge on any atom is -0.398 e. The zero-order chi connectivity index (χ0) is 13.0. The summed E-state index contributed by atoms with van der Waals surface area (Å²) in [6.45, 7) is 1.61. The summed E-state index contributed by atoms with van der Waals surface area (Å²) < 4.78 is 25.7. The number of amides is 1. The fourth-order valence-electron chi connectivity index (χ4n) is 1.33. The first-order valence-corrected chi connectivity index (χ1v) is 5.12. The number of aliphatic hydroxyl groups is 1. The number of nitrogens with one attached hydrogen (secondary N) is 1. The van der Waals surface area contributed by atoms with E-state index in [0.29, 0.717) is 6.42 Å². The van der Waals surface area contributed by atoms with Crippen molar-refractivity contribution in [1.82, 2.24) is 5.32 Å². The third kappa shape index (κ3) is 3.39. The second kappa shape index (κ2) is 5.58. The van der Waals surface area contributed by atoms with Gasteiger partial charge in [-0.05, 0) is 19.4 Å². The maximum Gasteiger partial charge on any atom is 0.253 e. The van der Waals surface area contributed by atoms with Gasteiger partial charge in [0.05, 0.1) is 5.56 Å². The Morgan fingerprint density at radius 3 is 2.65 bits per heavy atom. The highest BCUT2D eigenvalue weighted by Gasteiger charge is 2.15. The van der Waals surface area contributed by atoms with Crippen molar-refractivity contribution in [3.8, 4) is 0 Å². The van der Waals surface area contributed by atoms with Gasteiger partial charge in [0.1, 0.15) is 0 Å². The highest BCUT2D eigenvalue weighted by atomic mass is 19.2. The molecule has 0 spiro atoms. The number of halogens is 2. The first-order chi connectivity index (χ1) is 7.95. The molecule has 1 unspecified atom stereocenters. The molecule has 4 N–H and O–H groups in total. The number of carbonyl (C=O) groups is 1. The van der Waals surface area contributed by atoms with Gasteiger partial charge in [-0.2, -0.15) is 0 Å². The quantitative estimate of drug-likeness (QED) is 0.693. The number of anilines is 1. The van der Waals surface area contributed by atoms with Crippen molar-refractivity contribution in [1.29, 1.82) is 0 Å². The molecule has 1 aromatic rings. The molecule has 0 saturated carbocycles. The van der Waals surface area contributed by atoms with E-state index in [4.69, 9.17) is 10.8 Å². The maximum absolute atomic E-state index is 13.0. The molecule has 0 bridgehead atoms. The Morgan fingerprint density at radius 2 is 2.06 bits per heavy atom. The summed E-state index contributed by atoms with van der Waals surface area (Å²) in [6.07, 6.45) is 0.370. The molecule has 0 radical (unpaired) electrons. The maximum atomic E-state index is 13.0. The molecule has 0 aliphatic carbocycles. The topological polar surface area (TPSA) is 75.3 Å². The second-order valence-electron chi connectivity index (χ2n) is 3.74. The van der Waals surface area contributed by atoms with Crippen LogP contribution in [0.15, 0.2) is 12.1 Å². The first kappa shape index (κ1) is 13.4. The van der Waals surface area contributed by atoms with Crippen molar-refractivity contribution in [2.24, 2.45) is 0 Å². The molecule has 1 rings (SSSR count). The van der Waals surface area contributed by atoms with E-state index in [1.165, 1.54) is 0 Å². The lowest BCUT2D eigenvalue weighted by molar-refractivity contribution is 0.0935. The standard InChI is InChI=1S/C11H14F2N2O2/c1-6(2-3-16)15-11(17)7-4-8(12)9(13)5-10(7)14/h4-6,16H,2-3,14H2,1H3,(H,15,17). The van der Waals surface area contributed by atoms with E-state index in [0.717, 1.165) is 12.1 Å². The predicted molar refractivity (Wildman–Crippen MR) is 59.4 cm³/mol. The van der Waals surface area contributed by atoms with Crippen LogP contribution in [0.4, 0.5) is 14.5 Å². The van der Waals surface area contributed by atoms with Gasteiger partial charge in [-0.3, -0.25) is 4.79 Å². The first-order valence-electron chi connectivity index (χ1n) is 5.12. The molecule has 0 aromatic heterocycles. The van der Waals surface area contributed by atoms with Crippen molar-refractivity contribution < 1.29 is 18.7 Å². The number of rotatable bonds is 4. The minimum atomic E-state index is -1.13. The molecule has 6 heteroatoms. The summed E-state index contributed by atoms with van der Waals surface area (Å²) in [6, 6.07) is 1.24. The average molecular weight is 244 g/mol. The number of hydrogen-bond acceptors (Lipinski definition) is 3. The summed E-state index contributed by atoms with van der Waals surface area (Å²) in [5.41, 5.74) is 5.18. The zero-order valence-electron chi connectivity index (χ0n) is 9.34. The Kier molecular flexibility index (Phi) is 4.39. The minimum absolute atomic E-state index is 0.0747. The highest BCUT2D eigenvalue weighted by molar-refractivity contribution is 5.99. The molecule has 0 saturated heterocycles. The van der Waals surface area contributed by atoms with E-state index in [9.17, 15) is 13.6 Å². The fraction of sp³-hybridized carbons (Fsp3) is 0.364. The Bertz CT molecular complexity index is 424. The van der Waals surface area contributed by atoms with Gasteiger partial charge < -0.3 is 16.2 Å². The van der Waals surface area contributed by atoms with Gasteiger partial charge in [0.2, 0.25) is 0 Å². The van der Waals surface area contributed by atoms with Crippen LogP contribution in [-0.4, -0.2) is 23.7 Å². The monoisotopic (exact) mass is 244 g/mol. The molecule has 1 atom stereocenters. The molecule has 1 amide bonds. The number of nitrogens with two attached hydrogens (primary N) is 1. The van der Waals surface area contributed by atoms with Crippen molar-refractivity contribution in [2.75, 3.05) is 12.3 Å². The SMILES string of the molecule is CC(CCO)NC(=O)c1cc(F)c(F)cc1N. The third-order valence-electron chi connectivity index (χ3n) is 2.28. The van der Waals surface area contributed by atoms with Crippen molar-refractivity contribution >= 4 is 11.6 Å². The Hall–Kier alpha value is -1.69. The number of carbonyl (C=O) groups excluding carboxylic acids is 1. The van der Waals surface area contributed by atoms with Crippen LogP contribution in [-0.2, 0) is 0 Å². The molecule has 0 heterocycles. The van der Waals surface area contributed by atoms with E-state index >= 15 is 0 Å². The summed E-state index contributed by atoms with van der Waals surface area (Å²) in [7, 11) is 0. The average Bonchev–Trinajstić information content (AvgIpc) is 2.23. The van der Waals surface area contributed by atoms with E-state index in [2.05, 4.69) is 5.32 Å². The predicted octanol–water partition coefficient (Wildman–Crippen LogP) is 1.05. The molecule has 17 heavy (non-hydrogen) atoms. The van der Waals surface area contributed by atoms with E-state index in [1.54, 1.807) is 6.92 Å². The van der Waals surface area contributed by atoms with Crippen molar-refractivity contribution in [3.63, 3.8) is 0 Å². The molecule has 1 aromatic carbocycles. The third-order valence-corrected chi connectivity index (χ3v) is 2.28. The van der Waals surface area contributed by atoms with E-state index in [1.807, 2.05) is 0 Å². The second-order valence-corrected chi connectivity index (χ2v) is 3.74. The Morgan fingerprint density at radius 1 is 1.47 bits per heavy atom. The van der Waals surface area contributed by atoms with Gasteiger partial charge in [0.25, 0.3) is 5.91 Å². The summed E-state index contributed by atoms with van der Waals surface area (Å²) >= 11 is 0. The molecular weight excluding hydrogens is 230 g/mol. The molecule has 0 aliphatic rings. The summed E-state index contributed by atoms with van der Waals surface area (Å²) in [5, 5.41) is 11.2. The van der Waals surface area contributed by atoms with Crippen LogP contribution in [0.1, 0.15) is 23.7 Å². The van der Waals surface area contributed by atoms with Gasteiger partial charge in [-0.25, -0.2) is 8.78 Å². The highest BCUT2D eigenvalue weighted by Crippen LogP contribution is 2.17. The van der Waals surface area contributed by atoms with Crippen molar-refractivity contribution in [2.45, 2.75) is 19.4 Å². The largest absolute Gasteiger partial charge is 0.398 e. The molecular formula is C11H14F2N2O2. The fourth-order valence-corrected chi connectivity index (χ4v) is 1.33. The van der Waals surface area contributed by atoms with Crippen LogP contribution < -0.4 is 11.1 Å².